The quantitative estimate of drug-likeness (QED) is 0.309. The maximum absolute atomic E-state index is 6.43. The molecule has 0 aliphatic heterocycles. The van der Waals surface area contributed by atoms with Gasteiger partial charge in [-0.05, 0) is 80.5 Å². The average molecular weight is 461 g/mol. The van der Waals surface area contributed by atoms with Crippen LogP contribution >= 0.6 is 23.2 Å². The van der Waals surface area contributed by atoms with Crippen LogP contribution in [0.3, 0.4) is 0 Å². The third kappa shape index (κ3) is 7.52. The van der Waals surface area contributed by atoms with Crippen LogP contribution in [0.15, 0.2) is 54.6 Å². The number of aryl methyl sites for hydroxylation is 1. The molecule has 0 saturated heterocycles. The van der Waals surface area contributed by atoms with E-state index >= 15 is 0 Å². The smallest absolute Gasteiger partial charge is 0.0505 e. The first-order chi connectivity index (χ1) is 15.1. The lowest BCUT2D eigenvalue weighted by atomic mass is 9.83. The lowest BCUT2D eigenvalue weighted by molar-refractivity contribution is 0.183. The van der Waals surface area contributed by atoms with Crippen LogP contribution in [0, 0.1) is 0 Å². The molecule has 4 atom stereocenters. The summed E-state index contributed by atoms with van der Waals surface area (Å²) in [5, 5.41) is 0.238. The molecule has 1 nitrogen and oxygen atoms in total. The van der Waals surface area contributed by atoms with E-state index in [4.69, 9.17) is 23.2 Å². The number of hydrogen-bond donors (Lipinski definition) is 0. The van der Waals surface area contributed by atoms with E-state index in [1.54, 1.807) is 0 Å². The van der Waals surface area contributed by atoms with Gasteiger partial charge in [-0.25, -0.2) is 0 Å². The molecule has 0 radical (unpaired) electrons. The maximum Gasteiger partial charge on any atom is 0.0505 e. The van der Waals surface area contributed by atoms with Crippen LogP contribution in [-0.4, -0.2) is 34.8 Å². The van der Waals surface area contributed by atoms with Gasteiger partial charge >= 0.3 is 0 Å². The Balaban J connectivity index is 1.53. The predicted molar refractivity (Wildman–Crippen MR) is 137 cm³/mol. The molecule has 0 heterocycles. The zero-order valence-corrected chi connectivity index (χ0v) is 20.8. The van der Waals surface area contributed by atoms with Gasteiger partial charge in [0, 0.05) is 18.0 Å². The van der Waals surface area contributed by atoms with Gasteiger partial charge in [-0.3, -0.25) is 0 Å². The van der Waals surface area contributed by atoms with Crippen LogP contribution in [0.2, 0.25) is 0 Å². The summed E-state index contributed by atoms with van der Waals surface area (Å²) in [5.41, 5.74) is 4.33. The van der Waals surface area contributed by atoms with E-state index in [0.717, 1.165) is 38.6 Å². The number of halogens is 2. The normalized spacial score (nSPS) is 22.5. The molecule has 4 unspecified atom stereocenters. The van der Waals surface area contributed by atoms with Crippen molar-refractivity contribution >= 4 is 23.2 Å². The van der Waals surface area contributed by atoms with Crippen LogP contribution < -0.4 is 0 Å². The summed E-state index contributed by atoms with van der Waals surface area (Å²) in [6.45, 7) is 6.98. The van der Waals surface area contributed by atoms with Gasteiger partial charge in [0.1, 0.15) is 0 Å². The number of hydrogen-bond acceptors (Lipinski definition) is 1. The van der Waals surface area contributed by atoms with Gasteiger partial charge in [0.05, 0.1) is 5.38 Å². The lowest BCUT2D eigenvalue weighted by Gasteiger charge is -2.31. The van der Waals surface area contributed by atoms with Gasteiger partial charge in [0.2, 0.25) is 0 Å². The summed E-state index contributed by atoms with van der Waals surface area (Å²) in [7, 11) is 0. The topological polar surface area (TPSA) is 3.24 Å². The SMILES string of the molecule is CCCN(CCc1ccccc1)C(CC)CCc1ccc(C2CCC(Cl)C(Cl)C2)cc1. The van der Waals surface area contributed by atoms with Crippen molar-refractivity contribution in [3.8, 4) is 0 Å². The summed E-state index contributed by atoms with van der Waals surface area (Å²) in [4.78, 5) is 2.71. The zero-order chi connectivity index (χ0) is 22.1. The Kier molecular flexibility index (Phi) is 10.2. The maximum atomic E-state index is 6.43. The van der Waals surface area contributed by atoms with E-state index in [9.17, 15) is 0 Å². The fraction of sp³-hybridized carbons (Fsp3) is 0.571. The third-order valence-corrected chi connectivity index (χ3v) is 8.07. The Bertz CT molecular complexity index is 745. The molecule has 0 amide bonds. The van der Waals surface area contributed by atoms with E-state index < -0.39 is 0 Å². The number of rotatable bonds is 11. The molecular formula is C28H39Cl2N. The van der Waals surface area contributed by atoms with E-state index in [1.807, 2.05) is 0 Å². The highest BCUT2D eigenvalue weighted by atomic mass is 35.5. The monoisotopic (exact) mass is 459 g/mol. The van der Waals surface area contributed by atoms with Gasteiger partial charge in [0.25, 0.3) is 0 Å². The number of nitrogens with zero attached hydrogens (tertiary/aromatic N) is 1. The molecule has 31 heavy (non-hydrogen) atoms. The van der Waals surface area contributed by atoms with Crippen LogP contribution in [0.25, 0.3) is 0 Å². The summed E-state index contributed by atoms with van der Waals surface area (Å²) < 4.78 is 0. The Morgan fingerprint density at radius 2 is 1.55 bits per heavy atom. The molecular weight excluding hydrogens is 421 g/mol. The van der Waals surface area contributed by atoms with Crippen LogP contribution in [0.1, 0.15) is 75.0 Å². The van der Waals surface area contributed by atoms with Crippen molar-refractivity contribution in [3.05, 3.63) is 71.3 Å². The minimum atomic E-state index is 0.103. The van der Waals surface area contributed by atoms with Crippen molar-refractivity contribution < 1.29 is 0 Å². The van der Waals surface area contributed by atoms with E-state index in [1.165, 1.54) is 42.5 Å². The van der Waals surface area contributed by atoms with Crippen LogP contribution in [-0.2, 0) is 12.8 Å². The standard InChI is InChI=1S/C28H39Cl2N/c1-3-19-31(20-18-22-8-6-5-7-9-22)26(4-2)16-12-23-10-13-24(14-11-23)25-15-17-27(29)28(30)21-25/h5-11,13-14,25-28H,3-4,12,15-21H2,1-2H3. The van der Waals surface area contributed by atoms with Gasteiger partial charge < -0.3 is 4.90 Å². The molecule has 0 aromatic heterocycles. The molecule has 3 heteroatoms. The van der Waals surface area contributed by atoms with Gasteiger partial charge in [0.15, 0.2) is 0 Å². The number of benzene rings is 2. The highest BCUT2D eigenvalue weighted by Crippen LogP contribution is 2.37. The molecule has 3 rings (SSSR count). The summed E-state index contributed by atoms with van der Waals surface area (Å²) in [5.74, 6) is 0.563. The molecule has 1 aliphatic carbocycles. The van der Waals surface area contributed by atoms with Crippen LogP contribution in [0.5, 0.6) is 0 Å². The summed E-state index contributed by atoms with van der Waals surface area (Å²) in [6.07, 6.45) is 9.12. The fourth-order valence-electron chi connectivity index (χ4n) is 5.00. The summed E-state index contributed by atoms with van der Waals surface area (Å²) in [6, 6.07) is 20.9. The largest absolute Gasteiger partial charge is 0.300 e. The van der Waals surface area contributed by atoms with Crippen molar-refractivity contribution in [1.82, 2.24) is 4.90 Å². The molecule has 1 aliphatic rings. The Labute approximate surface area is 200 Å². The molecule has 1 fully saturated rings. The fourth-order valence-corrected chi connectivity index (χ4v) is 5.57. The van der Waals surface area contributed by atoms with Crippen molar-refractivity contribution in [1.29, 1.82) is 0 Å². The first-order valence-electron chi connectivity index (χ1n) is 12.3. The van der Waals surface area contributed by atoms with Gasteiger partial charge in [-0.15, -0.1) is 23.2 Å². The minimum absolute atomic E-state index is 0.103. The average Bonchev–Trinajstić information content (AvgIpc) is 2.80. The predicted octanol–water partition coefficient (Wildman–Crippen LogP) is 7.83. The Morgan fingerprint density at radius 3 is 2.19 bits per heavy atom. The highest BCUT2D eigenvalue weighted by molar-refractivity contribution is 6.30. The van der Waals surface area contributed by atoms with Crippen molar-refractivity contribution in [3.63, 3.8) is 0 Å². The lowest BCUT2D eigenvalue weighted by Crippen LogP contribution is -2.37. The first kappa shape index (κ1) is 24.6. The second-order valence-corrected chi connectivity index (χ2v) is 10.3. The van der Waals surface area contributed by atoms with Crippen molar-refractivity contribution in [2.24, 2.45) is 0 Å². The molecule has 2 aromatic rings. The van der Waals surface area contributed by atoms with E-state index in [2.05, 4.69) is 73.3 Å². The minimum Gasteiger partial charge on any atom is -0.300 e. The van der Waals surface area contributed by atoms with E-state index in [-0.39, 0.29) is 10.8 Å². The molecule has 2 aromatic carbocycles. The molecule has 0 bridgehead atoms. The Morgan fingerprint density at radius 1 is 0.839 bits per heavy atom. The Hall–Kier alpha value is -1.02. The summed E-state index contributed by atoms with van der Waals surface area (Å²) >= 11 is 12.7. The highest BCUT2D eigenvalue weighted by Gasteiger charge is 2.28. The third-order valence-electron chi connectivity index (χ3n) is 6.94. The van der Waals surface area contributed by atoms with Crippen molar-refractivity contribution in [2.45, 2.75) is 87.9 Å². The molecule has 0 N–H and O–H groups in total. The van der Waals surface area contributed by atoms with Crippen LogP contribution in [0.4, 0.5) is 0 Å². The molecule has 170 valence electrons. The second kappa shape index (κ2) is 12.9. The zero-order valence-electron chi connectivity index (χ0n) is 19.3. The van der Waals surface area contributed by atoms with Gasteiger partial charge in [-0.1, -0.05) is 68.4 Å². The van der Waals surface area contributed by atoms with Gasteiger partial charge in [-0.2, -0.15) is 0 Å². The molecule has 1 saturated carbocycles. The molecule has 0 spiro atoms. The second-order valence-electron chi connectivity index (χ2n) is 9.16. The first-order valence-corrected chi connectivity index (χ1v) is 13.1. The van der Waals surface area contributed by atoms with Crippen molar-refractivity contribution in [2.75, 3.05) is 13.1 Å². The number of alkyl halides is 2. The van der Waals surface area contributed by atoms with E-state index in [0.29, 0.717) is 12.0 Å².